The van der Waals surface area contributed by atoms with Crippen LogP contribution in [0.25, 0.3) is 11.4 Å². The molecule has 3 aromatic carbocycles. The summed E-state index contributed by atoms with van der Waals surface area (Å²) in [6, 6.07) is 24.4. The number of carbonyl (C=O) groups is 1. The van der Waals surface area contributed by atoms with Crippen LogP contribution in [0.15, 0.2) is 84.0 Å². The summed E-state index contributed by atoms with van der Waals surface area (Å²) >= 11 is 0. The van der Waals surface area contributed by atoms with Gasteiger partial charge in [-0.3, -0.25) is 4.79 Å². The third-order valence-corrected chi connectivity index (χ3v) is 4.86. The molecule has 0 saturated carbocycles. The highest BCUT2D eigenvalue weighted by atomic mass is 16.5. The second kappa shape index (κ2) is 9.65. The monoisotopic (exact) mass is 426 g/mol. The lowest BCUT2D eigenvalue weighted by Gasteiger charge is -2.05. The number of benzene rings is 3. The maximum absolute atomic E-state index is 12.4. The number of hydrogen-bond acceptors (Lipinski definition) is 6. The zero-order valence-electron chi connectivity index (χ0n) is 17.8. The van der Waals surface area contributed by atoms with E-state index in [2.05, 4.69) is 25.9 Å². The lowest BCUT2D eigenvalue weighted by Crippen LogP contribution is -2.19. The molecule has 4 aromatic rings. The second-order valence-corrected chi connectivity index (χ2v) is 7.07. The molecular formula is C24H22N6O2. The normalized spacial score (nSPS) is 11.2. The Morgan fingerprint density at radius 2 is 1.66 bits per heavy atom. The number of amides is 1. The van der Waals surface area contributed by atoms with Crippen molar-refractivity contribution in [3.8, 4) is 17.1 Å². The zero-order valence-corrected chi connectivity index (χ0v) is 17.8. The van der Waals surface area contributed by atoms with Gasteiger partial charge >= 0.3 is 0 Å². The molecule has 0 atom stereocenters. The van der Waals surface area contributed by atoms with Crippen molar-refractivity contribution in [1.29, 1.82) is 0 Å². The van der Waals surface area contributed by atoms with Gasteiger partial charge in [-0.15, -0.1) is 10.2 Å². The molecule has 8 nitrogen and oxygen atoms in total. The van der Waals surface area contributed by atoms with Gasteiger partial charge in [0.25, 0.3) is 5.91 Å². The maximum atomic E-state index is 12.4. The Morgan fingerprint density at radius 1 is 0.969 bits per heavy atom. The molecule has 0 aliphatic rings. The third kappa shape index (κ3) is 5.04. The summed E-state index contributed by atoms with van der Waals surface area (Å²) in [5.74, 6) is 1.06. The average Bonchev–Trinajstić information content (AvgIpc) is 3.32. The Kier molecular flexibility index (Phi) is 6.31. The standard InChI is InChI=1S/C24H22N6O2/c1-17(19-12-14-22(32-2)15-13-19)25-27-24(31)21-10-8-18(9-11-21)16-30-28-23(26-29-30)20-6-4-3-5-7-20/h3-15H,16H2,1-2H3,(H,27,31). The van der Waals surface area contributed by atoms with E-state index in [1.54, 1.807) is 19.2 Å². The quantitative estimate of drug-likeness (QED) is 0.360. The Morgan fingerprint density at radius 3 is 2.34 bits per heavy atom. The minimum Gasteiger partial charge on any atom is -0.497 e. The molecule has 1 amide bonds. The van der Waals surface area contributed by atoms with Gasteiger partial charge in [0, 0.05) is 11.1 Å². The van der Waals surface area contributed by atoms with Crippen molar-refractivity contribution in [3.05, 3.63) is 95.6 Å². The molecule has 1 heterocycles. The number of carbonyl (C=O) groups excluding carboxylic acids is 1. The molecule has 0 spiro atoms. The van der Waals surface area contributed by atoms with Crippen molar-refractivity contribution in [2.24, 2.45) is 5.10 Å². The number of hydrazone groups is 1. The fourth-order valence-electron chi connectivity index (χ4n) is 3.03. The van der Waals surface area contributed by atoms with Gasteiger partial charge in [-0.1, -0.05) is 42.5 Å². The Bertz CT molecular complexity index is 1220. The summed E-state index contributed by atoms with van der Waals surface area (Å²) in [7, 11) is 1.62. The van der Waals surface area contributed by atoms with Crippen LogP contribution in [0.5, 0.6) is 5.75 Å². The molecular weight excluding hydrogens is 404 g/mol. The molecule has 0 fully saturated rings. The molecule has 4 rings (SSSR count). The first-order valence-electron chi connectivity index (χ1n) is 10.0. The van der Waals surface area contributed by atoms with Crippen LogP contribution >= 0.6 is 0 Å². The maximum Gasteiger partial charge on any atom is 0.271 e. The highest BCUT2D eigenvalue weighted by molar-refractivity contribution is 6.00. The SMILES string of the molecule is COc1ccc(C(C)=NNC(=O)c2ccc(Cn3nnc(-c4ccccc4)n3)cc2)cc1. The van der Waals surface area contributed by atoms with Crippen LogP contribution in [-0.2, 0) is 6.54 Å². The van der Waals surface area contributed by atoms with Crippen LogP contribution in [0.2, 0.25) is 0 Å². The van der Waals surface area contributed by atoms with Gasteiger partial charge in [0.1, 0.15) is 5.75 Å². The van der Waals surface area contributed by atoms with E-state index in [1.807, 2.05) is 73.7 Å². The van der Waals surface area contributed by atoms with Gasteiger partial charge in [-0.25, -0.2) is 5.43 Å². The Hall–Kier alpha value is -4.33. The van der Waals surface area contributed by atoms with Gasteiger partial charge in [-0.05, 0) is 59.7 Å². The van der Waals surface area contributed by atoms with E-state index in [0.29, 0.717) is 23.6 Å². The van der Waals surface area contributed by atoms with Crippen molar-refractivity contribution in [3.63, 3.8) is 0 Å². The molecule has 0 bridgehead atoms. The van der Waals surface area contributed by atoms with Crippen LogP contribution in [0.1, 0.15) is 28.4 Å². The van der Waals surface area contributed by atoms with Crippen molar-refractivity contribution in [2.75, 3.05) is 7.11 Å². The van der Waals surface area contributed by atoms with Crippen molar-refractivity contribution in [1.82, 2.24) is 25.6 Å². The number of aromatic nitrogens is 4. The molecule has 160 valence electrons. The number of nitrogens with zero attached hydrogens (tertiary/aromatic N) is 5. The van der Waals surface area contributed by atoms with Crippen LogP contribution in [0, 0.1) is 0 Å². The van der Waals surface area contributed by atoms with E-state index >= 15 is 0 Å². The molecule has 0 saturated heterocycles. The number of methoxy groups -OCH3 is 1. The number of nitrogens with one attached hydrogen (secondary N) is 1. The number of rotatable bonds is 7. The van der Waals surface area contributed by atoms with Gasteiger partial charge in [0.15, 0.2) is 0 Å². The first-order valence-corrected chi connectivity index (χ1v) is 10.0. The molecule has 32 heavy (non-hydrogen) atoms. The Labute approximate surface area is 185 Å². The van der Waals surface area contributed by atoms with Crippen molar-refractivity contribution in [2.45, 2.75) is 13.5 Å². The largest absolute Gasteiger partial charge is 0.497 e. The summed E-state index contributed by atoms with van der Waals surface area (Å²) in [6.07, 6.45) is 0. The van der Waals surface area contributed by atoms with Gasteiger partial charge < -0.3 is 4.74 Å². The van der Waals surface area contributed by atoms with E-state index in [-0.39, 0.29) is 5.91 Å². The first kappa shape index (κ1) is 20.9. The molecule has 0 aliphatic carbocycles. The number of ether oxygens (including phenoxy) is 1. The molecule has 0 radical (unpaired) electrons. The zero-order chi connectivity index (χ0) is 22.3. The number of tetrazole rings is 1. The van der Waals surface area contributed by atoms with E-state index < -0.39 is 0 Å². The highest BCUT2D eigenvalue weighted by Gasteiger charge is 2.08. The molecule has 1 aromatic heterocycles. The highest BCUT2D eigenvalue weighted by Crippen LogP contribution is 2.13. The van der Waals surface area contributed by atoms with Gasteiger partial charge in [-0.2, -0.15) is 9.90 Å². The fourth-order valence-corrected chi connectivity index (χ4v) is 3.03. The molecule has 8 heteroatoms. The average molecular weight is 426 g/mol. The minimum absolute atomic E-state index is 0.283. The summed E-state index contributed by atoms with van der Waals surface area (Å²) in [6.45, 7) is 2.29. The smallest absolute Gasteiger partial charge is 0.271 e. The topological polar surface area (TPSA) is 94.3 Å². The van der Waals surface area contributed by atoms with E-state index in [4.69, 9.17) is 4.74 Å². The van der Waals surface area contributed by atoms with Crippen LogP contribution in [0.3, 0.4) is 0 Å². The van der Waals surface area contributed by atoms with Crippen LogP contribution in [0.4, 0.5) is 0 Å². The number of hydrogen-bond donors (Lipinski definition) is 1. The first-order chi connectivity index (χ1) is 15.6. The second-order valence-electron chi connectivity index (χ2n) is 7.07. The van der Waals surface area contributed by atoms with Crippen molar-refractivity contribution >= 4 is 11.6 Å². The van der Waals surface area contributed by atoms with Crippen LogP contribution in [-0.4, -0.2) is 38.9 Å². The predicted molar refractivity (Wildman–Crippen MR) is 121 cm³/mol. The molecule has 0 aliphatic heterocycles. The molecule has 0 unspecified atom stereocenters. The van der Waals surface area contributed by atoms with Gasteiger partial charge in [0.2, 0.25) is 5.82 Å². The summed E-state index contributed by atoms with van der Waals surface area (Å²) < 4.78 is 5.15. The van der Waals surface area contributed by atoms with E-state index in [9.17, 15) is 4.79 Å². The summed E-state index contributed by atoms with van der Waals surface area (Å²) in [5, 5.41) is 16.8. The summed E-state index contributed by atoms with van der Waals surface area (Å²) in [4.78, 5) is 14.0. The minimum atomic E-state index is -0.283. The summed E-state index contributed by atoms with van der Waals surface area (Å²) in [5.41, 5.74) is 6.57. The third-order valence-electron chi connectivity index (χ3n) is 4.86. The van der Waals surface area contributed by atoms with Gasteiger partial charge in [0.05, 0.1) is 19.4 Å². The lowest BCUT2D eigenvalue weighted by atomic mass is 10.1. The lowest BCUT2D eigenvalue weighted by molar-refractivity contribution is 0.0955. The molecule has 1 N–H and O–H groups in total. The fraction of sp³-hybridized carbons (Fsp3) is 0.125. The predicted octanol–water partition coefficient (Wildman–Crippen LogP) is 3.55. The van der Waals surface area contributed by atoms with Crippen molar-refractivity contribution < 1.29 is 9.53 Å². The van der Waals surface area contributed by atoms with Crippen LogP contribution < -0.4 is 10.2 Å². The van der Waals surface area contributed by atoms with E-state index in [0.717, 1.165) is 22.4 Å². The van der Waals surface area contributed by atoms with E-state index in [1.165, 1.54) is 4.80 Å². The Balaban J connectivity index is 1.36.